The summed E-state index contributed by atoms with van der Waals surface area (Å²) in [5, 5.41) is 0. The van der Waals surface area contributed by atoms with Crippen LogP contribution in [0.25, 0.3) is 0 Å². The van der Waals surface area contributed by atoms with Crippen LogP contribution in [0, 0.1) is 0 Å². The Morgan fingerprint density at radius 3 is 3.00 bits per heavy atom. The van der Waals surface area contributed by atoms with Crippen LogP contribution in [-0.4, -0.2) is 19.2 Å². The second kappa shape index (κ2) is 7.46. The highest BCUT2D eigenvalue weighted by atomic mass is 16.5. The summed E-state index contributed by atoms with van der Waals surface area (Å²) in [6.07, 6.45) is 7.32. The molecule has 0 saturated carbocycles. The fourth-order valence-corrected chi connectivity index (χ4v) is 1.50. The number of esters is 1. The third-order valence-electron chi connectivity index (χ3n) is 2.26. The van der Waals surface area contributed by atoms with Crippen molar-refractivity contribution in [1.82, 2.24) is 0 Å². The van der Waals surface area contributed by atoms with Gasteiger partial charge in [-0.2, -0.15) is 0 Å². The Morgan fingerprint density at radius 1 is 1.47 bits per heavy atom. The molecular formula is C12H20O3. The summed E-state index contributed by atoms with van der Waals surface area (Å²) in [6, 6.07) is 0. The molecule has 0 N–H and O–H groups in total. The first-order chi connectivity index (χ1) is 7.33. The van der Waals surface area contributed by atoms with Crippen molar-refractivity contribution in [3.05, 3.63) is 11.8 Å². The van der Waals surface area contributed by atoms with E-state index in [2.05, 4.69) is 6.92 Å². The van der Waals surface area contributed by atoms with Crippen LogP contribution in [0.2, 0.25) is 0 Å². The smallest absolute Gasteiger partial charge is 0.310 e. The van der Waals surface area contributed by atoms with Gasteiger partial charge in [0.25, 0.3) is 0 Å². The van der Waals surface area contributed by atoms with Gasteiger partial charge < -0.3 is 9.47 Å². The van der Waals surface area contributed by atoms with Gasteiger partial charge in [0.05, 0.1) is 0 Å². The van der Waals surface area contributed by atoms with E-state index in [-0.39, 0.29) is 5.97 Å². The molecule has 1 rings (SSSR count). The minimum atomic E-state index is -0.122. The first-order valence-corrected chi connectivity index (χ1v) is 5.80. The molecule has 86 valence electrons. The first kappa shape index (κ1) is 12.2. The lowest BCUT2D eigenvalue weighted by Crippen LogP contribution is -2.05. The van der Waals surface area contributed by atoms with E-state index in [1.807, 2.05) is 6.08 Å². The van der Waals surface area contributed by atoms with E-state index in [4.69, 9.17) is 9.47 Å². The molecule has 1 aliphatic rings. The number of carbonyl (C=O) groups excluding carboxylic acids is 1. The zero-order valence-corrected chi connectivity index (χ0v) is 9.46. The summed E-state index contributed by atoms with van der Waals surface area (Å²) < 4.78 is 10.5. The lowest BCUT2D eigenvalue weighted by atomic mass is 10.3. The van der Waals surface area contributed by atoms with Crippen molar-refractivity contribution in [2.75, 3.05) is 13.2 Å². The highest BCUT2D eigenvalue weighted by Crippen LogP contribution is 2.19. The summed E-state index contributed by atoms with van der Waals surface area (Å²) in [5.41, 5.74) is 0. The van der Waals surface area contributed by atoms with Crippen LogP contribution in [0.1, 0.15) is 45.4 Å². The molecule has 0 bridgehead atoms. The van der Waals surface area contributed by atoms with Gasteiger partial charge in [-0.05, 0) is 31.8 Å². The molecule has 15 heavy (non-hydrogen) atoms. The molecule has 3 nitrogen and oxygen atoms in total. The Balaban J connectivity index is 1.98. The second-order valence-corrected chi connectivity index (χ2v) is 3.75. The van der Waals surface area contributed by atoms with Crippen molar-refractivity contribution in [2.24, 2.45) is 0 Å². The monoisotopic (exact) mass is 212 g/mol. The number of rotatable bonds is 7. The van der Waals surface area contributed by atoms with Crippen molar-refractivity contribution in [2.45, 2.75) is 45.4 Å². The number of hydrogen-bond acceptors (Lipinski definition) is 3. The topological polar surface area (TPSA) is 35.5 Å². The molecule has 0 unspecified atom stereocenters. The normalized spacial score (nSPS) is 15.1. The Bertz CT molecular complexity index is 221. The van der Waals surface area contributed by atoms with Crippen molar-refractivity contribution in [1.29, 1.82) is 0 Å². The summed E-state index contributed by atoms with van der Waals surface area (Å²) in [4.78, 5) is 11.3. The van der Waals surface area contributed by atoms with Crippen LogP contribution in [-0.2, 0) is 14.3 Å². The third kappa shape index (κ3) is 5.57. The zero-order valence-electron chi connectivity index (χ0n) is 9.46. The molecule has 0 aliphatic heterocycles. The average molecular weight is 212 g/mol. The van der Waals surface area contributed by atoms with E-state index in [0.29, 0.717) is 13.0 Å². The third-order valence-corrected chi connectivity index (χ3v) is 2.26. The van der Waals surface area contributed by atoms with Gasteiger partial charge in [-0.3, -0.25) is 4.79 Å². The molecule has 0 atom stereocenters. The van der Waals surface area contributed by atoms with Crippen LogP contribution in [0.5, 0.6) is 0 Å². The van der Waals surface area contributed by atoms with Crippen molar-refractivity contribution < 1.29 is 14.3 Å². The Kier molecular flexibility index (Phi) is 6.09. The van der Waals surface area contributed by atoms with Crippen LogP contribution >= 0.6 is 0 Å². The van der Waals surface area contributed by atoms with E-state index < -0.39 is 0 Å². The molecule has 0 aromatic carbocycles. The van der Waals surface area contributed by atoms with Gasteiger partial charge in [0.2, 0.25) is 0 Å². The summed E-state index contributed by atoms with van der Waals surface area (Å²) in [7, 11) is 0. The van der Waals surface area contributed by atoms with Gasteiger partial charge in [-0.15, -0.1) is 0 Å². The molecule has 0 aromatic rings. The van der Waals surface area contributed by atoms with Crippen molar-refractivity contribution in [3.63, 3.8) is 0 Å². The molecule has 0 heterocycles. The molecule has 0 fully saturated rings. The van der Waals surface area contributed by atoms with E-state index in [0.717, 1.165) is 44.5 Å². The van der Waals surface area contributed by atoms with Crippen LogP contribution in [0.15, 0.2) is 11.8 Å². The predicted octanol–water partition coefficient (Wildman–Crippen LogP) is 2.80. The van der Waals surface area contributed by atoms with Gasteiger partial charge in [0, 0.05) is 26.1 Å². The summed E-state index contributed by atoms with van der Waals surface area (Å²) >= 11 is 0. The fraction of sp³-hybridized carbons (Fsp3) is 0.750. The molecule has 1 aliphatic carbocycles. The van der Waals surface area contributed by atoms with Crippen molar-refractivity contribution in [3.8, 4) is 0 Å². The molecule has 3 heteroatoms. The van der Waals surface area contributed by atoms with E-state index in [1.54, 1.807) is 0 Å². The molecule has 0 aromatic heterocycles. The van der Waals surface area contributed by atoms with E-state index in [1.165, 1.54) is 0 Å². The minimum Gasteiger partial charge on any atom is -0.431 e. The molecule has 0 spiro atoms. The first-order valence-electron chi connectivity index (χ1n) is 5.80. The zero-order chi connectivity index (χ0) is 10.9. The SMILES string of the molecule is CCCOCCCC(=O)OC1=CCCC1. The fourth-order valence-electron chi connectivity index (χ4n) is 1.50. The van der Waals surface area contributed by atoms with Crippen LogP contribution in [0.3, 0.4) is 0 Å². The number of carbonyl (C=O) groups is 1. The maximum absolute atomic E-state index is 11.3. The lowest BCUT2D eigenvalue weighted by Gasteiger charge is -2.05. The van der Waals surface area contributed by atoms with Crippen molar-refractivity contribution >= 4 is 5.97 Å². The largest absolute Gasteiger partial charge is 0.431 e. The summed E-state index contributed by atoms with van der Waals surface area (Å²) in [5.74, 6) is 0.734. The van der Waals surface area contributed by atoms with E-state index in [9.17, 15) is 4.79 Å². The predicted molar refractivity (Wildman–Crippen MR) is 58.4 cm³/mol. The quantitative estimate of drug-likeness (QED) is 0.481. The van der Waals surface area contributed by atoms with Gasteiger partial charge in [-0.25, -0.2) is 0 Å². The van der Waals surface area contributed by atoms with Gasteiger partial charge in [0.1, 0.15) is 5.76 Å². The lowest BCUT2D eigenvalue weighted by molar-refractivity contribution is -0.140. The maximum atomic E-state index is 11.3. The van der Waals surface area contributed by atoms with Gasteiger partial charge >= 0.3 is 5.97 Å². The van der Waals surface area contributed by atoms with Crippen LogP contribution < -0.4 is 0 Å². The Labute approximate surface area is 91.4 Å². The molecule has 0 saturated heterocycles. The number of hydrogen-bond donors (Lipinski definition) is 0. The second-order valence-electron chi connectivity index (χ2n) is 3.75. The van der Waals surface area contributed by atoms with Crippen LogP contribution in [0.4, 0.5) is 0 Å². The average Bonchev–Trinajstić information content (AvgIpc) is 2.70. The highest BCUT2D eigenvalue weighted by Gasteiger charge is 2.10. The molecule has 0 radical (unpaired) electrons. The standard InChI is InChI=1S/C12H20O3/c1-2-9-14-10-5-8-12(13)15-11-6-3-4-7-11/h6H,2-5,7-10H2,1H3. The van der Waals surface area contributed by atoms with E-state index >= 15 is 0 Å². The maximum Gasteiger partial charge on any atom is 0.310 e. The Morgan fingerprint density at radius 2 is 2.33 bits per heavy atom. The summed E-state index contributed by atoms with van der Waals surface area (Å²) in [6.45, 7) is 3.50. The molecular weight excluding hydrogens is 192 g/mol. The Hall–Kier alpha value is -0.830. The number of ether oxygens (including phenoxy) is 2. The number of allylic oxidation sites excluding steroid dienone is 2. The minimum absolute atomic E-state index is 0.122. The van der Waals surface area contributed by atoms with Gasteiger partial charge in [0.15, 0.2) is 0 Å². The molecule has 0 amide bonds. The highest BCUT2D eigenvalue weighted by molar-refractivity contribution is 5.70. The van der Waals surface area contributed by atoms with Gasteiger partial charge in [-0.1, -0.05) is 6.92 Å².